The SMILES string of the molecule is C=C(C(N)=O)[C@@H]1CCCCC(=O)Nc2cc(F)ccc2-c2ccnc1c2. The van der Waals surface area contributed by atoms with Gasteiger partial charge in [0.25, 0.3) is 0 Å². The molecule has 0 unspecified atom stereocenters. The largest absolute Gasteiger partial charge is 0.366 e. The lowest BCUT2D eigenvalue weighted by atomic mass is 9.88. The first-order valence-electron chi connectivity index (χ1n) is 8.50. The summed E-state index contributed by atoms with van der Waals surface area (Å²) >= 11 is 0. The molecule has 2 bridgehead atoms. The van der Waals surface area contributed by atoms with Crippen LogP contribution in [0.15, 0.2) is 48.7 Å². The number of hydrogen-bond acceptors (Lipinski definition) is 3. The van der Waals surface area contributed by atoms with E-state index in [2.05, 4.69) is 16.9 Å². The van der Waals surface area contributed by atoms with Crippen molar-refractivity contribution in [2.24, 2.45) is 5.73 Å². The zero-order chi connectivity index (χ0) is 18.7. The highest BCUT2D eigenvalue weighted by atomic mass is 19.1. The Bertz CT molecular complexity index is 879. The van der Waals surface area contributed by atoms with Crippen LogP contribution in [-0.2, 0) is 9.59 Å². The van der Waals surface area contributed by atoms with Crippen LogP contribution in [0.5, 0.6) is 0 Å². The molecule has 0 radical (unpaired) electrons. The predicted octanol–water partition coefficient (Wildman–Crippen LogP) is 3.53. The molecule has 3 N–H and O–H groups in total. The lowest BCUT2D eigenvalue weighted by Gasteiger charge is -2.20. The van der Waals surface area contributed by atoms with Crippen molar-refractivity contribution < 1.29 is 14.0 Å². The van der Waals surface area contributed by atoms with E-state index in [4.69, 9.17) is 5.73 Å². The minimum atomic E-state index is -0.561. The molecule has 3 rings (SSSR count). The van der Waals surface area contributed by atoms with E-state index in [1.54, 1.807) is 18.3 Å². The number of nitrogens with two attached hydrogens (primary N) is 1. The Morgan fingerprint density at radius 3 is 2.85 bits per heavy atom. The number of halogens is 1. The number of hydrogen-bond donors (Lipinski definition) is 2. The molecule has 1 aliphatic rings. The standard InChI is InChI=1S/C20H20FN3O2/c1-12(20(22)26)15-4-2-3-5-19(25)24-18-11-14(21)6-7-16(18)13-8-9-23-17(15)10-13/h6-11,15H,1-5H2,(H2,22,26)(H,24,25)/t15-/m0/s1. The summed E-state index contributed by atoms with van der Waals surface area (Å²) in [6.07, 6.45) is 3.92. The van der Waals surface area contributed by atoms with Gasteiger partial charge in [0.2, 0.25) is 11.8 Å². The molecular weight excluding hydrogens is 333 g/mol. The van der Waals surface area contributed by atoms with Crippen molar-refractivity contribution in [3.05, 3.63) is 60.2 Å². The van der Waals surface area contributed by atoms with Crippen LogP contribution in [-0.4, -0.2) is 16.8 Å². The second kappa shape index (κ2) is 7.47. The second-order valence-corrected chi connectivity index (χ2v) is 6.40. The number of pyridine rings is 1. The molecule has 0 fully saturated rings. The zero-order valence-electron chi connectivity index (χ0n) is 14.3. The van der Waals surface area contributed by atoms with Crippen LogP contribution in [0.3, 0.4) is 0 Å². The summed E-state index contributed by atoms with van der Waals surface area (Å²) in [5.41, 5.74) is 8.29. The molecule has 0 saturated heterocycles. The van der Waals surface area contributed by atoms with Gasteiger partial charge in [-0.1, -0.05) is 13.0 Å². The summed E-state index contributed by atoms with van der Waals surface area (Å²) in [5, 5.41) is 2.79. The third-order valence-electron chi connectivity index (χ3n) is 4.59. The van der Waals surface area contributed by atoms with Gasteiger partial charge in [0, 0.05) is 35.4 Å². The van der Waals surface area contributed by atoms with Gasteiger partial charge in [0.1, 0.15) is 5.82 Å². The Kier molecular flexibility index (Phi) is 5.11. The third kappa shape index (κ3) is 3.79. The molecule has 1 aromatic heterocycles. The van der Waals surface area contributed by atoms with Gasteiger partial charge in [0.15, 0.2) is 0 Å². The van der Waals surface area contributed by atoms with E-state index < -0.39 is 11.7 Å². The molecule has 1 aliphatic heterocycles. The molecule has 26 heavy (non-hydrogen) atoms. The first-order chi connectivity index (χ1) is 12.5. The number of fused-ring (bicyclic) bond motifs is 4. The number of anilines is 1. The molecule has 1 aromatic carbocycles. The Hall–Kier alpha value is -3.02. The van der Waals surface area contributed by atoms with Crippen molar-refractivity contribution in [1.29, 1.82) is 0 Å². The number of benzene rings is 1. The molecule has 2 heterocycles. The number of aromatic nitrogens is 1. The number of primary amides is 1. The maximum Gasteiger partial charge on any atom is 0.244 e. The fourth-order valence-corrected chi connectivity index (χ4v) is 3.20. The van der Waals surface area contributed by atoms with E-state index in [0.717, 1.165) is 5.56 Å². The van der Waals surface area contributed by atoms with Crippen molar-refractivity contribution in [2.75, 3.05) is 5.32 Å². The zero-order valence-corrected chi connectivity index (χ0v) is 14.3. The number of amides is 2. The average Bonchev–Trinajstić information content (AvgIpc) is 2.60. The van der Waals surface area contributed by atoms with Gasteiger partial charge in [0.05, 0.1) is 5.69 Å². The second-order valence-electron chi connectivity index (χ2n) is 6.40. The maximum atomic E-state index is 13.7. The van der Waals surface area contributed by atoms with E-state index in [-0.39, 0.29) is 11.8 Å². The summed E-state index contributed by atoms with van der Waals surface area (Å²) in [5.74, 6) is -1.46. The van der Waals surface area contributed by atoms with E-state index in [0.29, 0.717) is 48.2 Å². The van der Waals surface area contributed by atoms with Crippen molar-refractivity contribution >= 4 is 17.5 Å². The van der Waals surface area contributed by atoms with Gasteiger partial charge in [-0.05, 0) is 48.7 Å². The quantitative estimate of drug-likeness (QED) is 0.810. The summed E-state index contributed by atoms with van der Waals surface area (Å²) in [6.45, 7) is 3.83. The van der Waals surface area contributed by atoms with Crippen LogP contribution in [0, 0.1) is 5.82 Å². The average molecular weight is 353 g/mol. The highest BCUT2D eigenvalue weighted by Gasteiger charge is 2.22. The van der Waals surface area contributed by atoms with Crippen molar-refractivity contribution in [1.82, 2.24) is 4.98 Å². The predicted molar refractivity (Wildman–Crippen MR) is 97.8 cm³/mol. The normalized spacial score (nSPS) is 17.3. The molecule has 0 spiro atoms. The molecule has 1 atom stereocenters. The van der Waals surface area contributed by atoms with Crippen LogP contribution in [0.1, 0.15) is 37.3 Å². The minimum absolute atomic E-state index is 0.169. The molecule has 6 heteroatoms. The Morgan fingerprint density at radius 2 is 2.08 bits per heavy atom. The molecule has 5 nitrogen and oxygen atoms in total. The highest BCUT2D eigenvalue weighted by Crippen LogP contribution is 2.34. The molecule has 0 aliphatic carbocycles. The van der Waals surface area contributed by atoms with Gasteiger partial charge >= 0.3 is 0 Å². The lowest BCUT2D eigenvalue weighted by molar-refractivity contribution is -0.116. The lowest BCUT2D eigenvalue weighted by Crippen LogP contribution is -2.20. The third-order valence-corrected chi connectivity index (χ3v) is 4.59. The van der Waals surface area contributed by atoms with E-state index in [9.17, 15) is 14.0 Å². The van der Waals surface area contributed by atoms with Gasteiger partial charge in [-0.25, -0.2) is 4.39 Å². The fraction of sp³-hybridized carbons (Fsp3) is 0.250. The van der Waals surface area contributed by atoms with E-state index in [1.165, 1.54) is 12.1 Å². The van der Waals surface area contributed by atoms with Crippen molar-refractivity contribution in [2.45, 2.75) is 31.6 Å². The fourth-order valence-electron chi connectivity index (χ4n) is 3.20. The summed E-state index contributed by atoms with van der Waals surface area (Å²) < 4.78 is 13.7. The van der Waals surface area contributed by atoms with Gasteiger partial charge in [-0.15, -0.1) is 0 Å². The van der Waals surface area contributed by atoms with Crippen LogP contribution in [0.4, 0.5) is 10.1 Å². The first kappa shape index (κ1) is 17.8. The molecule has 0 saturated carbocycles. The monoisotopic (exact) mass is 353 g/mol. The van der Waals surface area contributed by atoms with E-state index >= 15 is 0 Å². The Balaban J connectivity index is 2.13. The Labute approximate surface area is 151 Å². The van der Waals surface area contributed by atoms with Crippen LogP contribution < -0.4 is 11.1 Å². The highest BCUT2D eigenvalue weighted by molar-refractivity contribution is 5.96. The molecule has 134 valence electrons. The topological polar surface area (TPSA) is 85.1 Å². The number of nitrogens with one attached hydrogen (secondary N) is 1. The van der Waals surface area contributed by atoms with Crippen LogP contribution >= 0.6 is 0 Å². The summed E-state index contributed by atoms with van der Waals surface area (Å²) in [4.78, 5) is 28.2. The molecular formula is C20H20FN3O2. The minimum Gasteiger partial charge on any atom is -0.366 e. The van der Waals surface area contributed by atoms with Crippen LogP contribution in [0.2, 0.25) is 0 Å². The van der Waals surface area contributed by atoms with Gasteiger partial charge < -0.3 is 11.1 Å². The molecule has 2 aromatic rings. The maximum absolute atomic E-state index is 13.7. The summed E-state index contributed by atoms with van der Waals surface area (Å²) in [6, 6.07) is 7.88. The number of nitrogens with zero attached hydrogens (tertiary/aromatic N) is 1. The smallest absolute Gasteiger partial charge is 0.244 e. The van der Waals surface area contributed by atoms with E-state index in [1.807, 2.05) is 6.07 Å². The van der Waals surface area contributed by atoms with Crippen LogP contribution in [0.25, 0.3) is 11.1 Å². The Morgan fingerprint density at radius 1 is 1.27 bits per heavy atom. The van der Waals surface area contributed by atoms with Gasteiger partial charge in [-0.3, -0.25) is 14.6 Å². The van der Waals surface area contributed by atoms with Crippen molar-refractivity contribution in [3.8, 4) is 11.1 Å². The van der Waals surface area contributed by atoms with Gasteiger partial charge in [-0.2, -0.15) is 0 Å². The first-order valence-corrected chi connectivity index (χ1v) is 8.50. The number of carbonyl (C=O) groups excluding carboxylic acids is 2. The summed E-state index contributed by atoms with van der Waals surface area (Å²) in [7, 11) is 0. The molecule has 2 amide bonds. The number of rotatable bonds is 2. The van der Waals surface area contributed by atoms with Crippen molar-refractivity contribution in [3.63, 3.8) is 0 Å². The number of carbonyl (C=O) groups is 2.